The molecule has 0 radical (unpaired) electrons. The Morgan fingerprint density at radius 2 is 2.16 bits per heavy atom. The molecule has 0 aliphatic carbocycles. The second-order valence-electron chi connectivity index (χ2n) is 3.74. The number of carbonyl (C=O) groups is 3. The van der Waals surface area contributed by atoms with Gasteiger partial charge in [-0.3, -0.25) is 9.59 Å². The Morgan fingerprint density at radius 1 is 1.47 bits per heavy atom. The molecule has 1 aromatic heterocycles. The zero-order valence-electron chi connectivity index (χ0n) is 9.94. The molecular weight excluding hydrogens is 256 g/mol. The van der Waals surface area contributed by atoms with E-state index in [0.29, 0.717) is 5.69 Å². The van der Waals surface area contributed by atoms with Gasteiger partial charge >= 0.3 is 5.97 Å². The predicted octanol–water partition coefficient (Wildman–Crippen LogP) is -2.82. The molecule has 1 rings (SSSR count). The molecule has 1 heterocycles. The van der Waals surface area contributed by atoms with Gasteiger partial charge in [0.2, 0.25) is 11.8 Å². The van der Waals surface area contributed by atoms with Crippen molar-refractivity contribution in [1.29, 1.82) is 0 Å². The molecule has 0 bridgehead atoms. The molecule has 0 aliphatic rings. The minimum atomic E-state index is -1.36. The number of aromatic nitrogens is 3. The van der Waals surface area contributed by atoms with Crippen molar-refractivity contribution in [2.24, 2.45) is 11.5 Å². The first-order valence-corrected chi connectivity index (χ1v) is 5.32. The molecule has 1 aromatic rings. The third-order valence-corrected chi connectivity index (χ3v) is 2.14. The molecule has 19 heavy (non-hydrogen) atoms. The predicted molar refractivity (Wildman–Crippen MR) is 61.3 cm³/mol. The third kappa shape index (κ3) is 4.71. The fourth-order valence-corrected chi connectivity index (χ4v) is 1.30. The summed E-state index contributed by atoms with van der Waals surface area (Å²) in [5, 5.41) is 18.3. The van der Waals surface area contributed by atoms with Gasteiger partial charge in [-0.1, -0.05) is 5.21 Å². The van der Waals surface area contributed by atoms with Gasteiger partial charge in [0.15, 0.2) is 0 Å². The maximum absolute atomic E-state index is 11.6. The lowest BCUT2D eigenvalue weighted by atomic mass is 10.2. The Bertz CT molecular complexity index is 485. The molecule has 0 fully saturated rings. The highest BCUT2D eigenvalue weighted by Crippen LogP contribution is 1.94. The van der Waals surface area contributed by atoms with Crippen LogP contribution in [-0.4, -0.2) is 43.9 Å². The van der Waals surface area contributed by atoms with Crippen molar-refractivity contribution in [1.82, 2.24) is 20.3 Å². The largest absolute Gasteiger partial charge is 0.480 e. The molecule has 104 valence electrons. The fraction of sp³-hybridized carbons (Fsp3) is 0.444. The summed E-state index contributed by atoms with van der Waals surface area (Å²) in [5.41, 5.74) is 10.7. The fourth-order valence-electron chi connectivity index (χ4n) is 1.30. The van der Waals surface area contributed by atoms with Gasteiger partial charge in [-0.15, -0.1) is 5.10 Å². The van der Waals surface area contributed by atoms with E-state index < -0.39 is 30.2 Å². The van der Waals surface area contributed by atoms with Crippen LogP contribution in [0.1, 0.15) is 12.1 Å². The molecular formula is C9H14N6O4. The summed E-state index contributed by atoms with van der Waals surface area (Å²) in [5.74, 6) is -2.78. The highest BCUT2D eigenvalue weighted by molar-refractivity contribution is 5.87. The number of hydrogen-bond donors (Lipinski definition) is 4. The molecule has 0 saturated carbocycles. The maximum Gasteiger partial charge on any atom is 0.326 e. The highest BCUT2D eigenvalue weighted by atomic mass is 16.4. The Balaban J connectivity index is 2.57. The van der Waals surface area contributed by atoms with Crippen LogP contribution in [0.3, 0.4) is 0 Å². The number of rotatable bonds is 7. The first-order chi connectivity index (χ1) is 8.92. The molecule has 1 atom stereocenters. The van der Waals surface area contributed by atoms with E-state index >= 15 is 0 Å². The Labute approximate surface area is 107 Å². The minimum Gasteiger partial charge on any atom is -0.480 e. The average Bonchev–Trinajstić information content (AvgIpc) is 2.75. The first kappa shape index (κ1) is 14.6. The number of amides is 2. The summed E-state index contributed by atoms with van der Waals surface area (Å²) in [4.78, 5) is 33.0. The number of carbonyl (C=O) groups excluding carboxylic acids is 2. The summed E-state index contributed by atoms with van der Waals surface area (Å²) < 4.78 is 1.21. The number of carboxylic acids is 1. The summed E-state index contributed by atoms with van der Waals surface area (Å²) in [6.07, 6.45) is 0.982. The smallest absolute Gasteiger partial charge is 0.326 e. The Morgan fingerprint density at radius 3 is 2.63 bits per heavy atom. The van der Waals surface area contributed by atoms with Crippen molar-refractivity contribution < 1.29 is 19.5 Å². The zero-order chi connectivity index (χ0) is 14.4. The van der Waals surface area contributed by atoms with E-state index in [1.807, 2.05) is 0 Å². The van der Waals surface area contributed by atoms with Gasteiger partial charge < -0.3 is 21.9 Å². The molecule has 0 aromatic carbocycles. The van der Waals surface area contributed by atoms with E-state index in [2.05, 4.69) is 15.6 Å². The number of nitrogens with one attached hydrogen (secondary N) is 1. The summed E-state index contributed by atoms with van der Waals surface area (Å²) in [7, 11) is 0. The van der Waals surface area contributed by atoms with Gasteiger partial charge in [-0.25, -0.2) is 9.48 Å². The van der Waals surface area contributed by atoms with Crippen molar-refractivity contribution in [3.8, 4) is 0 Å². The summed E-state index contributed by atoms with van der Waals surface area (Å²) >= 11 is 0. The molecule has 0 saturated heterocycles. The van der Waals surface area contributed by atoms with Crippen LogP contribution in [0.5, 0.6) is 0 Å². The molecule has 0 spiro atoms. The number of nitrogens with zero attached hydrogens (tertiary/aromatic N) is 3. The van der Waals surface area contributed by atoms with Crippen LogP contribution in [0.25, 0.3) is 0 Å². The lowest BCUT2D eigenvalue weighted by Gasteiger charge is -2.12. The third-order valence-electron chi connectivity index (χ3n) is 2.14. The maximum atomic E-state index is 11.6. The van der Waals surface area contributed by atoms with Crippen LogP contribution in [0.4, 0.5) is 0 Å². The van der Waals surface area contributed by atoms with Crippen molar-refractivity contribution in [2.45, 2.75) is 25.6 Å². The molecule has 10 nitrogen and oxygen atoms in total. The SMILES string of the molecule is NCc1cn(CC(=O)N[C@H](CC(N)=O)C(=O)O)nn1. The molecule has 0 unspecified atom stereocenters. The van der Waals surface area contributed by atoms with Crippen LogP contribution >= 0.6 is 0 Å². The van der Waals surface area contributed by atoms with Crippen LogP contribution in [-0.2, 0) is 27.5 Å². The molecule has 10 heteroatoms. The standard InChI is InChI=1S/C9H14N6O4/c10-2-5-3-15(14-13-5)4-8(17)12-6(9(18)19)1-7(11)16/h3,6H,1-2,4,10H2,(H2,11,16)(H,12,17)(H,18,19)/t6-/m1/s1. The minimum absolute atomic E-state index is 0.182. The van der Waals surface area contributed by atoms with E-state index in [-0.39, 0.29) is 13.1 Å². The van der Waals surface area contributed by atoms with Crippen LogP contribution in [0.15, 0.2) is 6.20 Å². The number of hydrogen-bond acceptors (Lipinski definition) is 6. The van der Waals surface area contributed by atoms with Crippen LogP contribution in [0.2, 0.25) is 0 Å². The van der Waals surface area contributed by atoms with Gasteiger partial charge in [0.05, 0.1) is 18.3 Å². The van der Waals surface area contributed by atoms with Gasteiger partial charge in [0, 0.05) is 6.54 Å². The van der Waals surface area contributed by atoms with Crippen molar-refractivity contribution in [2.75, 3.05) is 0 Å². The second-order valence-corrected chi connectivity index (χ2v) is 3.74. The Kier molecular flexibility index (Phi) is 4.94. The van der Waals surface area contributed by atoms with E-state index in [1.165, 1.54) is 10.9 Å². The van der Waals surface area contributed by atoms with E-state index in [1.54, 1.807) is 0 Å². The molecule has 6 N–H and O–H groups in total. The topological polar surface area (TPSA) is 166 Å². The Hall–Kier alpha value is -2.49. The molecule has 2 amide bonds. The lowest BCUT2D eigenvalue weighted by molar-refractivity contribution is -0.143. The second kappa shape index (κ2) is 6.44. The molecule has 0 aliphatic heterocycles. The number of primary amides is 1. The highest BCUT2D eigenvalue weighted by Gasteiger charge is 2.22. The van der Waals surface area contributed by atoms with Gasteiger partial charge in [-0.2, -0.15) is 0 Å². The summed E-state index contributed by atoms with van der Waals surface area (Å²) in [6, 6.07) is -1.36. The quantitative estimate of drug-likeness (QED) is 0.414. The number of carboxylic acid groups (broad SMARTS) is 1. The lowest BCUT2D eigenvalue weighted by Crippen LogP contribution is -2.44. The van der Waals surface area contributed by atoms with E-state index in [9.17, 15) is 14.4 Å². The first-order valence-electron chi connectivity index (χ1n) is 5.32. The van der Waals surface area contributed by atoms with Crippen molar-refractivity contribution >= 4 is 17.8 Å². The monoisotopic (exact) mass is 270 g/mol. The zero-order valence-corrected chi connectivity index (χ0v) is 9.94. The van der Waals surface area contributed by atoms with E-state index in [0.717, 1.165) is 0 Å². The average molecular weight is 270 g/mol. The number of nitrogens with two attached hydrogens (primary N) is 2. The van der Waals surface area contributed by atoms with Crippen molar-refractivity contribution in [3.63, 3.8) is 0 Å². The normalized spacial score (nSPS) is 11.8. The van der Waals surface area contributed by atoms with Gasteiger partial charge in [0.1, 0.15) is 12.6 Å². The van der Waals surface area contributed by atoms with Gasteiger partial charge in [-0.05, 0) is 0 Å². The summed E-state index contributed by atoms with van der Waals surface area (Å²) in [6.45, 7) is -0.0451. The van der Waals surface area contributed by atoms with Gasteiger partial charge in [0.25, 0.3) is 0 Å². The van der Waals surface area contributed by atoms with Crippen molar-refractivity contribution in [3.05, 3.63) is 11.9 Å². The van der Waals surface area contributed by atoms with Crippen LogP contribution < -0.4 is 16.8 Å². The van der Waals surface area contributed by atoms with E-state index in [4.69, 9.17) is 16.6 Å². The number of aliphatic carboxylic acids is 1. The van der Waals surface area contributed by atoms with Crippen LogP contribution in [0, 0.1) is 0 Å².